The number of rotatable bonds is 2. The smallest absolute Gasteiger partial charge is 0.417 e. The zero-order chi connectivity index (χ0) is 13.4. The van der Waals surface area contributed by atoms with Gasteiger partial charge in [-0.05, 0) is 31.5 Å². The van der Waals surface area contributed by atoms with E-state index in [-0.39, 0.29) is 5.56 Å². The van der Waals surface area contributed by atoms with Crippen LogP contribution in [0.5, 0.6) is 0 Å². The van der Waals surface area contributed by atoms with E-state index >= 15 is 0 Å². The normalized spacial score (nSPS) is 12.6. The molecular formula is C11H10ClF3O2. The molecule has 0 bridgehead atoms. The highest BCUT2D eigenvalue weighted by molar-refractivity contribution is 6.31. The van der Waals surface area contributed by atoms with Crippen LogP contribution >= 0.6 is 11.6 Å². The lowest BCUT2D eigenvalue weighted by Gasteiger charge is -2.21. The summed E-state index contributed by atoms with van der Waals surface area (Å²) in [6.45, 7) is 2.66. The Balaban J connectivity index is 3.37. The first-order chi connectivity index (χ1) is 7.56. The predicted molar refractivity (Wildman–Crippen MR) is 57.1 cm³/mol. The lowest BCUT2D eigenvalue weighted by Crippen LogP contribution is -2.28. The van der Waals surface area contributed by atoms with Crippen LogP contribution in [0.4, 0.5) is 13.2 Å². The Kier molecular flexibility index (Phi) is 3.43. The van der Waals surface area contributed by atoms with Crippen LogP contribution in [0.1, 0.15) is 25.0 Å². The van der Waals surface area contributed by atoms with E-state index in [0.29, 0.717) is 0 Å². The number of hydrogen-bond donors (Lipinski definition) is 1. The highest BCUT2D eigenvalue weighted by Gasteiger charge is 2.36. The molecule has 17 heavy (non-hydrogen) atoms. The van der Waals surface area contributed by atoms with Crippen molar-refractivity contribution in [3.63, 3.8) is 0 Å². The summed E-state index contributed by atoms with van der Waals surface area (Å²) in [6.07, 6.45) is -4.60. The van der Waals surface area contributed by atoms with E-state index in [4.69, 9.17) is 16.7 Å². The van der Waals surface area contributed by atoms with E-state index in [2.05, 4.69) is 0 Å². The molecule has 6 heteroatoms. The molecule has 0 heterocycles. The van der Waals surface area contributed by atoms with Crippen molar-refractivity contribution in [2.75, 3.05) is 0 Å². The molecule has 94 valence electrons. The maximum Gasteiger partial charge on any atom is 0.417 e. The first kappa shape index (κ1) is 13.8. The predicted octanol–water partition coefficient (Wildman–Crippen LogP) is 3.72. The van der Waals surface area contributed by atoms with Gasteiger partial charge in [-0.1, -0.05) is 17.7 Å². The molecule has 0 aromatic heterocycles. The molecule has 0 aliphatic heterocycles. The number of carboxylic acid groups (broad SMARTS) is 1. The van der Waals surface area contributed by atoms with Crippen molar-refractivity contribution in [1.82, 2.24) is 0 Å². The summed E-state index contributed by atoms with van der Waals surface area (Å²) in [5.74, 6) is -1.20. The van der Waals surface area contributed by atoms with Crippen LogP contribution in [-0.4, -0.2) is 11.1 Å². The third-order valence-electron chi connectivity index (χ3n) is 2.53. The minimum absolute atomic E-state index is 0.0572. The van der Waals surface area contributed by atoms with Gasteiger partial charge in [0.15, 0.2) is 0 Å². The van der Waals surface area contributed by atoms with E-state index in [1.807, 2.05) is 0 Å². The average molecular weight is 267 g/mol. The summed E-state index contributed by atoms with van der Waals surface area (Å²) < 4.78 is 37.8. The van der Waals surface area contributed by atoms with Crippen molar-refractivity contribution >= 4 is 17.6 Å². The minimum atomic E-state index is -4.60. The first-order valence-corrected chi connectivity index (χ1v) is 5.05. The summed E-state index contributed by atoms with van der Waals surface area (Å²) >= 11 is 5.44. The second-order valence-electron chi connectivity index (χ2n) is 4.12. The number of aliphatic carboxylic acids is 1. The molecule has 0 saturated carbocycles. The Morgan fingerprint density at radius 1 is 1.29 bits per heavy atom. The van der Waals surface area contributed by atoms with Gasteiger partial charge in [-0.3, -0.25) is 4.79 Å². The number of benzene rings is 1. The zero-order valence-corrected chi connectivity index (χ0v) is 9.86. The van der Waals surface area contributed by atoms with Gasteiger partial charge >= 0.3 is 12.1 Å². The molecule has 1 aromatic carbocycles. The maximum absolute atomic E-state index is 12.6. The molecule has 1 rings (SSSR count). The SMILES string of the molecule is CC(C)(C(=O)O)c1ccc(Cl)c(C(F)(F)F)c1. The summed E-state index contributed by atoms with van der Waals surface area (Å²) in [5.41, 5.74) is -2.36. The molecule has 0 radical (unpaired) electrons. The maximum atomic E-state index is 12.6. The minimum Gasteiger partial charge on any atom is -0.481 e. The molecule has 0 aliphatic carbocycles. The largest absolute Gasteiger partial charge is 0.481 e. The Hall–Kier alpha value is -1.23. The Morgan fingerprint density at radius 2 is 1.82 bits per heavy atom. The Morgan fingerprint density at radius 3 is 2.24 bits per heavy atom. The van der Waals surface area contributed by atoms with Crippen LogP contribution in [0.3, 0.4) is 0 Å². The zero-order valence-electron chi connectivity index (χ0n) is 9.10. The lowest BCUT2D eigenvalue weighted by atomic mass is 9.84. The van der Waals surface area contributed by atoms with Crippen LogP contribution in [-0.2, 0) is 16.4 Å². The van der Waals surface area contributed by atoms with Gasteiger partial charge in [0.05, 0.1) is 16.0 Å². The summed E-state index contributed by atoms with van der Waals surface area (Å²) in [6, 6.07) is 3.12. The van der Waals surface area contributed by atoms with Crippen molar-refractivity contribution < 1.29 is 23.1 Å². The van der Waals surface area contributed by atoms with Gasteiger partial charge in [0.1, 0.15) is 0 Å². The molecule has 2 nitrogen and oxygen atoms in total. The van der Waals surface area contributed by atoms with E-state index in [1.54, 1.807) is 0 Å². The molecule has 1 N–H and O–H groups in total. The van der Waals surface area contributed by atoms with Gasteiger partial charge in [-0.25, -0.2) is 0 Å². The van der Waals surface area contributed by atoms with Crippen molar-refractivity contribution in [3.05, 3.63) is 34.3 Å². The van der Waals surface area contributed by atoms with Gasteiger partial charge < -0.3 is 5.11 Å². The van der Waals surface area contributed by atoms with Crippen molar-refractivity contribution in [3.8, 4) is 0 Å². The van der Waals surface area contributed by atoms with Gasteiger partial charge in [0.25, 0.3) is 0 Å². The molecule has 0 aliphatic rings. The number of alkyl halides is 3. The third-order valence-corrected chi connectivity index (χ3v) is 2.86. The van der Waals surface area contributed by atoms with Crippen molar-refractivity contribution in [2.45, 2.75) is 25.4 Å². The van der Waals surface area contributed by atoms with Gasteiger partial charge in [-0.2, -0.15) is 13.2 Å². The molecule has 0 spiro atoms. The fraction of sp³-hybridized carbons (Fsp3) is 0.364. The summed E-state index contributed by atoms with van der Waals surface area (Å²) in [5, 5.41) is 8.50. The second kappa shape index (κ2) is 4.22. The molecule has 0 amide bonds. The number of halogens is 4. The number of carboxylic acids is 1. The highest BCUT2D eigenvalue weighted by atomic mass is 35.5. The monoisotopic (exact) mass is 266 g/mol. The number of carbonyl (C=O) groups is 1. The fourth-order valence-corrected chi connectivity index (χ4v) is 1.48. The van der Waals surface area contributed by atoms with Crippen LogP contribution < -0.4 is 0 Å². The molecule has 0 atom stereocenters. The van der Waals surface area contributed by atoms with Crippen LogP contribution in [0, 0.1) is 0 Å². The Labute approximate surface area is 101 Å². The van der Waals surface area contributed by atoms with Crippen LogP contribution in [0.25, 0.3) is 0 Å². The van der Waals surface area contributed by atoms with E-state index in [0.717, 1.165) is 12.1 Å². The van der Waals surface area contributed by atoms with Gasteiger partial charge in [-0.15, -0.1) is 0 Å². The van der Waals surface area contributed by atoms with Gasteiger partial charge in [0.2, 0.25) is 0 Å². The van der Waals surface area contributed by atoms with E-state index < -0.39 is 28.1 Å². The van der Waals surface area contributed by atoms with Crippen LogP contribution in [0.15, 0.2) is 18.2 Å². The van der Waals surface area contributed by atoms with Crippen molar-refractivity contribution in [2.24, 2.45) is 0 Å². The van der Waals surface area contributed by atoms with Crippen LogP contribution in [0.2, 0.25) is 5.02 Å². The number of hydrogen-bond acceptors (Lipinski definition) is 1. The highest BCUT2D eigenvalue weighted by Crippen LogP contribution is 2.37. The van der Waals surface area contributed by atoms with Crippen molar-refractivity contribution in [1.29, 1.82) is 0 Å². The topological polar surface area (TPSA) is 37.3 Å². The second-order valence-corrected chi connectivity index (χ2v) is 4.53. The molecule has 0 fully saturated rings. The molecule has 0 unspecified atom stereocenters. The summed E-state index contributed by atoms with van der Waals surface area (Å²) in [4.78, 5) is 11.0. The fourth-order valence-electron chi connectivity index (χ4n) is 1.25. The molecule has 1 aromatic rings. The van der Waals surface area contributed by atoms with E-state index in [1.165, 1.54) is 19.9 Å². The third kappa shape index (κ3) is 2.72. The quantitative estimate of drug-likeness (QED) is 0.886. The van der Waals surface area contributed by atoms with E-state index in [9.17, 15) is 18.0 Å². The Bertz CT molecular complexity index is 453. The molecule has 0 saturated heterocycles. The average Bonchev–Trinajstić information content (AvgIpc) is 2.15. The standard InChI is InChI=1S/C11H10ClF3O2/c1-10(2,9(16)17)6-3-4-8(12)7(5-6)11(13,14)15/h3-5H,1-2H3,(H,16,17). The lowest BCUT2D eigenvalue weighted by molar-refractivity contribution is -0.143. The molecular weight excluding hydrogens is 257 g/mol. The van der Waals surface area contributed by atoms with Gasteiger partial charge in [0, 0.05) is 0 Å². The summed E-state index contributed by atoms with van der Waals surface area (Å²) in [7, 11) is 0. The first-order valence-electron chi connectivity index (χ1n) is 4.67.